The highest BCUT2D eigenvalue weighted by Crippen LogP contribution is 2.23. The summed E-state index contributed by atoms with van der Waals surface area (Å²) >= 11 is 3.47. The van der Waals surface area contributed by atoms with E-state index in [0.717, 1.165) is 22.3 Å². The van der Waals surface area contributed by atoms with Gasteiger partial charge in [0.25, 0.3) is 0 Å². The van der Waals surface area contributed by atoms with Crippen molar-refractivity contribution < 1.29 is 9.53 Å². The van der Waals surface area contributed by atoms with Gasteiger partial charge < -0.3 is 15.0 Å². The summed E-state index contributed by atoms with van der Waals surface area (Å²) in [6.07, 6.45) is 0.389. The van der Waals surface area contributed by atoms with Crippen LogP contribution in [0.5, 0.6) is 5.75 Å². The minimum Gasteiger partial charge on any atom is -0.493 e. The van der Waals surface area contributed by atoms with Crippen LogP contribution >= 0.6 is 15.9 Å². The molecule has 1 aromatic rings. The van der Waals surface area contributed by atoms with E-state index in [4.69, 9.17) is 4.74 Å². The van der Waals surface area contributed by atoms with Gasteiger partial charge in [-0.2, -0.15) is 0 Å². The van der Waals surface area contributed by atoms with E-state index in [9.17, 15) is 4.79 Å². The molecule has 0 radical (unpaired) electrons. The molecule has 0 aliphatic heterocycles. The van der Waals surface area contributed by atoms with E-state index in [1.165, 1.54) is 0 Å². The highest BCUT2D eigenvalue weighted by Gasteiger charge is 2.08. The zero-order chi connectivity index (χ0) is 15.1. The Morgan fingerprint density at radius 2 is 2.10 bits per heavy atom. The Labute approximate surface area is 129 Å². The summed E-state index contributed by atoms with van der Waals surface area (Å²) in [5.74, 6) is 0.900. The van der Waals surface area contributed by atoms with Crippen molar-refractivity contribution in [2.75, 3.05) is 20.7 Å². The van der Waals surface area contributed by atoms with E-state index < -0.39 is 0 Å². The van der Waals surface area contributed by atoms with E-state index in [1.54, 1.807) is 19.0 Å². The molecule has 0 aliphatic rings. The molecule has 4 nitrogen and oxygen atoms in total. The SMILES string of the molecule is CC(C)NCc1cc(Br)ccc1OCCC(=O)N(C)C. The third-order valence-corrected chi connectivity index (χ3v) is 3.29. The maximum absolute atomic E-state index is 11.5. The van der Waals surface area contributed by atoms with Gasteiger partial charge in [-0.3, -0.25) is 4.79 Å². The lowest BCUT2D eigenvalue weighted by atomic mass is 10.2. The second-order valence-corrected chi connectivity index (χ2v) is 6.09. The Bertz CT molecular complexity index is 447. The van der Waals surface area contributed by atoms with Gasteiger partial charge in [-0.05, 0) is 18.2 Å². The molecule has 0 aliphatic carbocycles. The summed E-state index contributed by atoms with van der Waals surface area (Å²) in [4.78, 5) is 13.1. The van der Waals surface area contributed by atoms with Gasteiger partial charge in [-0.15, -0.1) is 0 Å². The summed E-state index contributed by atoms with van der Waals surface area (Å²) in [5.41, 5.74) is 1.09. The van der Waals surface area contributed by atoms with Gasteiger partial charge in [0.15, 0.2) is 0 Å². The first-order valence-corrected chi connectivity index (χ1v) is 7.54. The fourth-order valence-electron chi connectivity index (χ4n) is 1.61. The summed E-state index contributed by atoms with van der Waals surface area (Å²) < 4.78 is 6.76. The number of rotatable bonds is 7. The number of benzene rings is 1. The smallest absolute Gasteiger partial charge is 0.225 e. The van der Waals surface area contributed by atoms with Crippen LogP contribution in [-0.4, -0.2) is 37.6 Å². The quantitative estimate of drug-likeness (QED) is 0.828. The summed E-state index contributed by atoms with van der Waals surface area (Å²) in [6, 6.07) is 6.33. The van der Waals surface area contributed by atoms with Crippen LogP contribution < -0.4 is 10.1 Å². The van der Waals surface area contributed by atoms with Crippen LogP contribution in [-0.2, 0) is 11.3 Å². The number of carbonyl (C=O) groups is 1. The van der Waals surface area contributed by atoms with E-state index in [0.29, 0.717) is 19.1 Å². The third kappa shape index (κ3) is 5.92. The molecule has 20 heavy (non-hydrogen) atoms. The number of ether oxygens (including phenoxy) is 1. The van der Waals surface area contributed by atoms with Crippen molar-refractivity contribution in [1.29, 1.82) is 0 Å². The molecule has 0 saturated carbocycles. The molecule has 0 aromatic heterocycles. The van der Waals surface area contributed by atoms with Crippen LogP contribution in [0.2, 0.25) is 0 Å². The molecular weight excluding hydrogens is 320 g/mol. The lowest BCUT2D eigenvalue weighted by Crippen LogP contribution is -2.24. The average molecular weight is 343 g/mol. The molecule has 1 amide bonds. The third-order valence-electron chi connectivity index (χ3n) is 2.80. The van der Waals surface area contributed by atoms with Crippen LogP contribution in [0.25, 0.3) is 0 Å². The maximum Gasteiger partial charge on any atom is 0.225 e. The Balaban J connectivity index is 2.61. The number of nitrogens with zero attached hydrogens (tertiary/aromatic N) is 1. The molecule has 0 spiro atoms. The Morgan fingerprint density at radius 3 is 2.70 bits per heavy atom. The van der Waals surface area contributed by atoms with Crippen molar-refractivity contribution in [2.24, 2.45) is 0 Å². The van der Waals surface area contributed by atoms with Crippen molar-refractivity contribution in [3.63, 3.8) is 0 Å². The highest BCUT2D eigenvalue weighted by molar-refractivity contribution is 9.10. The van der Waals surface area contributed by atoms with Crippen molar-refractivity contribution >= 4 is 21.8 Å². The van der Waals surface area contributed by atoms with E-state index in [2.05, 4.69) is 35.1 Å². The zero-order valence-corrected chi connectivity index (χ0v) is 14.2. The Morgan fingerprint density at radius 1 is 1.40 bits per heavy atom. The standard InChI is InChI=1S/C15H23BrN2O2/c1-11(2)17-10-12-9-13(16)5-6-14(12)20-8-7-15(19)18(3)4/h5-6,9,11,17H,7-8,10H2,1-4H3. The molecule has 5 heteroatoms. The van der Waals surface area contributed by atoms with Crippen molar-refractivity contribution in [3.8, 4) is 5.75 Å². The fourth-order valence-corrected chi connectivity index (χ4v) is 2.02. The number of carbonyl (C=O) groups excluding carboxylic acids is 1. The monoisotopic (exact) mass is 342 g/mol. The molecule has 0 bridgehead atoms. The second-order valence-electron chi connectivity index (χ2n) is 5.17. The first-order valence-electron chi connectivity index (χ1n) is 6.75. The topological polar surface area (TPSA) is 41.6 Å². The van der Waals surface area contributed by atoms with Crippen molar-refractivity contribution in [1.82, 2.24) is 10.2 Å². The molecule has 0 fully saturated rings. The van der Waals surface area contributed by atoms with Crippen LogP contribution in [0.4, 0.5) is 0 Å². The fraction of sp³-hybridized carbons (Fsp3) is 0.533. The van der Waals surface area contributed by atoms with Gasteiger partial charge in [-0.1, -0.05) is 29.8 Å². The molecule has 0 unspecified atom stereocenters. The maximum atomic E-state index is 11.5. The largest absolute Gasteiger partial charge is 0.493 e. The summed E-state index contributed by atoms with van der Waals surface area (Å²) in [5, 5.41) is 3.37. The highest BCUT2D eigenvalue weighted by atomic mass is 79.9. The van der Waals surface area contributed by atoms with Crippen molar-refractivity contribution in [3.05, 3.63) is 28.2 Å². The Kier molecular flexibility index (Phi) is 7.02. The van der Waals surface area contributed by atoms with Gasteiger partial charge in [0.1, 0.15) is 5.75 Å². The molecule has 0 heterocycles. The van der Waals surface area contributed by atoms with Gasteiger partial charge in [-0.25, -0.2) is 0 Å². The second kappa shape index (κ2) is 8.27. The number of halogens is 1. The van der Waals surface area contributed by atoms with E-state index in [1.807, 2.05) is 18.2 Å². The van der Waals surface area contributed by atoms with Crippen LogP contribution in [0, 0.1) is 0 Å². The molecule has 1 N–H and O–H groups in total. The van der Waals surface area contributed by atoms with Crippen LogP contribution in [0.15, 0.2) is 22.7 Å². The lowest BCUT2D eigenvalue weighted by Gasteiger charge is -2.15. The predicted octanol–water partition coefficient (Wildman–Crippen LogP) is 2.80. The lowest BCUT2D eigenvalue weighted by molar-refractivity contribution is -0.129. The minimum absolute atomic E-state index is 0.0731. The summed E-state index contributed by atoms with van der Waals surface area (Å²) in [7, 11) is 3.50. The van der Waals surface area contributed by atoms with Gasteiger partial charge in [0.05, 0.1) is 13.0 Å². The number of hydrogen-bond donors (Lipinski definition) is 1. The van der Waals surface area contributed by atoms with Gasteiger partial charge >= 0.3 is 0 Å². The van der Waals surface area contributed by atoms with Crippen LogP contribution in [0.1, 0.15) is 25.8 Å². The first-order chi connectivity index (χ1) is 9.40. The molecule has 0 saturated heterocycles. The minimum atomic E-state index is 0.0731. The number of nitrogens with one attached hydrogen (secondary N) is 1. The molecule has 0 atom stereocenters. The van der Waals surface area contributed by atoms with E-state index in [-0.39, 0.29) is 5.91 Å². The average Bonchev–Trinajstić information content (AvgIpc) is 2.38. The Hall–Kier alpha value is -1.07. The summed E-state index contributed by atoms with van der Waals surface area (Å²) in [6.45, 7) is 5.35. The van der Waals surface area contributed by atoms with Crippen LogP contribution in [0.3, 0.4) is 0 Å². The molecule has 1 aromatic carbocycles. The van der Waals surface area contributed by atoms with Crippen molar-refractivity contribution in [2.45, 2.75) is 32.9 Å². The normalized spacial score (nSPS) is 10.7. The number of hydrogen-bond acceptors (Lipinski definition) is 3. The first kappa shape index (κ1) is 17.0. The predicted molar refractivity (Wildman–Crippen MR) is 84.9 cm³/mol. The van der Waals surface area contributed by atoms with E-state index >= 15 is 0 Å². The zero-order valence-electron chi connectivity index (χ0n) is 12.6. The molecular formula is C15H23BrN2O2. The van der Waals surface area contributed by atoms with Gasteiger partial charge in [0.2, 0.25) is 5.91 Å². The molecule has 1 rings (SSSR count). The van der Waals surface area contributed by atoms with Gasteiger partial charge in [0, 0.05) is 36.7 Å². The molecule has 112 valence electrons. The number of amides is 1.